The summed E-state index contributed by atoms with van der Waals surface area (Å²) in [5.41, 5.74) is 0.939. The lowest BCUT2D eigenvalue weighted by atomic mass is 9.83. The average molecular weight is 269 g/mol. The van der Waals surface area contributed by atoms with Gasteiger partial charge in [0, 0.05) is 12.6 Å². The molecule has 100 valence electrons. The maximum atomic E-state index is 12.1. The molecular weight excluding hydrogens is 250 g/mol. The Bertz CT molecular complexity index is 489. The van der Waals surface area contributed by atoms with Crippen molar-refractivity contribution in [2.75, 3.05) is 6.61 Å². The van der Waals surface area contributed by atoms with E-state index in [1.165, 1.54) is 0 Å². The first-order chi connectivity index (χ1) is 8.51. The SMILES string of the molecule is CC1CC(NS(=O)(=O)c2ccc(CCO)cc2)C1. The molecule has 2 rings (SSSR count). The first-order valence-corrected chi connectivity index (χ1v) is 7.71. The van der Waals surface area contributed by atoms with Crippen LogP contribution in [-0.2, 0) is 16.4 Å². The molecule has 1 aromatic rings. The maximum absolute atomic E-state index is 12.1. The van der Waals surface area contributed by atoms with Gasteiger partial charge in [0.1, 0.15) is 0 Å². The van der Waals surface area contributed by atoms with E-state index in [2.05, 4.69) is 11.6 Å². The largest absolute Gasteiger partial charge is 0.396 e. The van der Waals surface area contributed by atoms with Crippen LogP contribution in [0.4, 0.5) is 0 Å². The van der Waals surface area contributed by atoms with Crippen LogP contribution in [0.3, 0.4) is 0 Å². The minimum absolute atomic E-state index is 0.0737. The standard InChI is InChI=1S/C13H19NO3S/c1-10-8-12(9-10)14-18(16,17)13-4-2-11(3-5-13)6-7-15/h2-5,10,12,14-15H,6-9H2,1H3. The summed E-state index contributed by atoms with van der Waals surface area (Å²) in [5.74, 6) is 0.615. The highest BCUT2D eigenvalue weighted by atomic mass is 32.2. The van der Waals surface area contributed by atoms with E-state index in [1.54, 1.807) is 24.3 Å². The van der Waals surface area contributed by atoms with Crippen LogP contribution < -0.4 is 4.72 Å². The number of hydrogen-bond donors (Lipinski definition) is 2. The second-order valence-corrected chi connectivity index (χ2v) is 6.73. The number of nitrogens with one attached hydrogen (secondary N) is 1. The summed E-state index contributed by atoms with van der Waals surface area (Å²) >= 11 is 0. The van der Waals surface area contributed by atoms with Crippen LogP contribution in [0.15, 0.2) is 29.2 Å². The van der Waals surface area contributed by atoms with Gasteiger partial charge in [0.15, 0.2) is 0 Å². The van der Waals surface area contributed by atoms with Crippen LogP contribution in [0.5, 0.6) is 0 Å². The molecule has 0 spiro atoms. The number of sulfonamides is 1. The van der Waals surface area contributed by atoms with E-state index in [0.29, 0.717) is 17.2 Å². The summed E-state index contributed by atoms with van der Waals surface area (Å²) in [4.78, 5) is 0.295. The highest BCUT2D eigenvalue weighted by Gasteiger charge is 2.29. The van der Waals surface area contributed by atoms with Gasteiger partial charge in [-0.2, -0.15) is 0 Å². The van der Waals surface area contributed by atoms with Crippen LogP contribution in [0.1, 0.15) is 25.3 Å². The highest BCUT2D eigenvalue weighted by Crippen LogP contribution is 2.27. The van der Waals surface area contributed by atoms with Crippen molar-refractivity contribution in [1.29, 1.82) is 0 Å². The highest BCUT2D eigenvalue weighted by molar-refractivity contribution is 7.89. The third-order valence-electron chi connectivity index (χ3n) is 3.33. The Hall–Kier alpha value is -0.910. The average Bonchev–Trinajstić information content (AvgIpc) is 2.28. The summed E-state index contributed by atoms with van der Waals surface area (Å²) in [7, 11) is -3.39. The minimum atomic E-state index is -3.39. The first-order valence-electron chi connectivity index (χ1n) is 6.23. The van der Waals surface area contributed by atoms with Gasteiger partial charge in [-0.05, 0) is 42.9 Å². The molecule has 2 N–H and O–H groups in total. The fourth-order valence-corrected chi connectivity index (χ4v) is 3.51. The van der Waals surface area contributed by atoms with Gasteiger partial charge in [0.05, 0.1) is 4.90 Å². The molecular formula is C13H19NO3S. The molecule has 1 aliphatic rings. The topological polar surface area (TPSA) is 66.4 Å². The van der Waals surface area contributed by atoms with Gasteiger partial charge in [0.2, 0.25) is 10.0 Å². The van der Waals surface area contributed by atoms with Crippen molar-refractivity contribution >= 4 is 10.0 Å². The molecule has 1 fully saturated rings. The molecule has 0 amide bonds. The lowest BCUT2D eigenvalue weighted by Crippen LogP contribution is -2.43. The number of aliphatic hydroxyl groups excluding tert-OH is 1. The predicted octanol–water partition coefficient (Wildman–Crippen LogP) is 1.30. The summed E-state index contributed by atoms with van der Waals surface area (Å²) in [6.45, 7) is 2.19. The molecule has 5 heteroatoms. The molecule has 0 aliphatic heterocycles. The van der Waals surface area contributed by atoms with Crippen molar-refractivity contribution in [3.8, 4) is 0 Å². The molecule has 0 heterocycles. The molecule has 0 radical (unpaired) electrons. The zero-order valence-electron chi connectivity index (χ0n) is 10.5. The number of benzene rings is 1. The second kappa shape index (κ2) is 5.38. The van der Waals surface area contributed by atoms with E-state index in [4.69, 9.17) is 5.11 Å². The van der Waals surface area contributed by atoms with Crippen molar-refractivity contribution in [3.63, 3.8) is 0 Å². The van der Waals surface area contributed by atoms with E-state index < -0.39 is 10.0 Å². The summed E-state index contributed by atoms with van der Waals surface area (Å²) < 4.78 is 26.8. The van der Waals surface area contributed by atoms with Gasteiger partial charge in [-0.25, -0.2) is 13.1 Å². The van der Waals surface area contributed by atoms with Gasteiger partial charge < -0.3 is 5.11 Å². The fraction of sp³-hybridized carbons (Fsp3) is 0.538. The van der Waals surface area contributed by atoms with Crippen LogP contribution in [0.25, 0.3) is 0 Å². The minimum Gasteiger partial charge on any atom is -0.396 e. The van der Waals surface area contributed by atoms with E-state index in [0.717, 1.165) is 18.4 Å². The van der Waals surface area contributed by atoms with Gasteiger partial charge in [0.25, 0.3) is 0 Å². The molecule has 18 heavy (non-hydrogen) atoms. The van der Waals surface area contributed by atoms with Crippen LogP contribution in [0.2, 0.25) is 0 Å². The van der Waals surface area contributed by atoms with Crippen molar-refractivity contribution in [2.24, 2.45) is 5.92 Å². The zero-order valence-corrected chi connectivity index (χ0v) is 11.3. The Morgan fingerprint density at radius 1 is 1.28 bits per heavy atom. The summed E-state index contributed by atoms with van der Waals surface area (Å²) in [5, 5.41) is 8.80. The summed E-state index contributed by atoms with van der Waals surface area (Å²) in [6.07, 6.45) is 2.39. The van der Waals surface area contributed by atoms with E-state index in [9.17, 15) is 8.42 Å². The molecule has 1 saturated carbocycles. The Morgan fingerprint density at radius 2 is 1.89 bits per heavy atom. The van der Waals surface area contributed by atoms with Crippen LogP contribution in [-0.4, -0.2) is 26.2 Å². The van der Waals surface area contributed by atoms with Gasteiger partial charge in [-0.3, -0.25) is 0 Å². The normalized spacial score (nSPS) is 23.7. The molecule has 0 unspecified atom stereocenters. The molecule has 0 atom stereocenters. The lowest BCUT2D eigenvalue weighted by Gasteiger charge is -2.32. The van der Waals surface area contributed by atoms with Gasteiger partial charge in [-0.15, -0.1) is 0 Å². The Labute approximate surface area is 108 Å². The maximum Gasteiger partial charge on any atom is 0.240 e. The smallest absolute Gasteiger partial charge is 0.240 e. The van der Waals surface area contributed by atoms with Gasteiger partial charge >= 0.3 is 0 Å². The Balaban J connectivity index is 2.04. The number of rotatable bonds is 5. The van der Waals surface area contributed by atoms with E-state index in [1.807, 2.05) is 0 Å². The van der Waals surface area contributed by atoms with Crippen molar-refractivity contribution in [1.82, 2.24) is 4.72 Å². The molecule has 4 nitrogen and oxygen atoms in total. The monoisotopic (exact) mass is 269 g/mol. The molecule has 1 aliphatic carbocycles. The molecule has 0 bridgehead atoms. The second-order valence-electron chi connectivity index (χ2n) is 5.01. The molecule has 0 aromatic heterocycles. The van der Waals surface area contributed by atoms with E-state index in [-0.39, 0.29) is 12.6 Å². The van der Waals surface area contributed by atoms with E-state index >= 15 is 0 Å². The Kier molecular flexibility index (Phi) is 4.04. The van der Waals surface area contributed by atoms with Crippen molar-refractivity contribution < 1.29 is 13.5 Å². The zero-order chi connectivity index (χ0) is 13.2. The van der Waals surface area contributed by atoms with Crippen LogP contribution in [0, 0.1) is 5.92 Å². The number of hydrogen-bond acceptors (Lipinski definition) is 3. The third kappa shape index (κ3) is 3.10. The van der Waals surface area contributed by atoms with Gasteiger partial charge in [-0.1, -0.05) is 19.1 Å². The number of aliphatic hydroxyl groups is 1. The Morgan fingerprint density at radius 3 is 2.39 bits per heavy atom. The molecule has 0 saturated heterocycles. The lowest BCUT2D eigenvalue weighted by molar-refractivity contribution is 0.270. The van der Waals surface area contributed by atoms with Crippen molar-refractivity contribution in [3.05, 3.63) is 29.8 Å². The third-order valence-corrected chi connectivity index (χ3v) is 4.87. The predicted molar refractivity (Wildman–Crippen MR) is 69.7 cm³/mol. The van der Waals surface area contributed by atoms with Crippen molar-refractivity contribution in [2.45, 2.75) is 37.1 Å². The quantitative estimate of drug-likeness (QED) is 0.846. The molecule has 1 aromatic carbocycles. The fourth-order valence-electron chi connectivity index (χ4n) is 2.25. The summed E-state index contributed by atoms with van der Waals surface area (Å²) in [6, 6.07) is 6.76. The first kappa shape index (κ1) is 13.5. The van der Waals surface area contributed by atoms with Crippen LogP contribution >= 0.6 is 0 Å².